The SMILES string of the molecule is CCNC(C)c1ccc(N(C)Cc2csc(C)n2)cc1Cl. The van der Waals surface area contributed by atoms with E-state index in [9.17, 15) is 0 Å². The quantitative estimate of drug-likeness (QED) is 0.853. The molecule has 3 nitrogen and oxygen atoms in total. The van der Waals surface area contributed by atoms with Crippen molar-refractivity contribution in [3.63, 3.8) is 0 Å². The van der Waals surface area contributed by atoms with E-state index in [-0.39, 0.29) is 6.04 Å². The van der Waals surface area contributed by atoms with Gasteiger partial charge in [-0.2, -0.15) is 0 Å². The van der Waals surface area contributed by atoms with Gasteiger partial charge in [0.05, 0.1) is 17.2 Å². The third-order valence-corrected chi connectivity index (χ3v) is 4.62. The third-order valence-electron chi connectivity index (χ3n) is 3.47. The van der Waals surface area contributed by atoms with Crippen LogP contribution < -0.4 is 10.2 Å². The molecule has 0 fully saturated rings. The van der Waals surface area contributed by atoms with E-state index >= 15 is 0 Å². The van der Waals surface area contributed by atoms with Crippen LogP contribution in [0.5, 0.6) is 0 Å². The van der Waals surface area contributed by atoms with E-state index in [2.05, 4.69) is 53.6 Å². The summed E-state index contributed by atoms with van der Waals surface area (Å²) in [6, 6.07) is 6.52. The van der Waals surface area contributed by atoms with Crippen LogP contribution in [0.25, 0.3) is 0 Å². The number of halogens is 1. The van der Waals surface area contributed by atoms with Gasteiger partial charge in [0.2, 0.25) is 0 Å². The number of nitrogens with zero attached hydrogens (tertiary/aromatic N) is 2. The number of hydrogen-bond donors (Lipinski definition) is 1. The molecule has 5 heteroatoms. The van der Waals surface area contributed by atoms with Gasteiger partial charge in [0.25, 0.3) is 0 Å². The zero-order chi connectivity index (χ0) is 15.4. The number of aromatic nitrogens is 1. The summed E-state index contributed by atoms with van der Waals surface area (Å²) in [6.45, 7) is 7.99. The molecule has 21 heavy (non-hydrogen) atoms. The summed E-state index contributed by atoms with van der Waals surface area (Å²) in [4.78, 5) is 6.67. The monoisotopic (exact) mass is 323 g/mol. The van der Waals surface area contributed by atoms with Gasteiger partial charge in [0.15, 0.2) is 0 Å². The maximum atomic E-state index is 6.43. The Bertz CT molecular complexity index is 597. The average Bonchev–Trinajstić information content (AvgIpc) is 2.84. The summed E-state index contributed by atoms with van der Waals surface area (Å²) in [7, 11) is 2.06. The van der Waals surface area contributed by atoms with Crippen molar-refractivity contribution in [2.24, 2.45) is 0 Å². The van der Waals surface area contributed by atoms with Crippen LogP contribution in [-0.4, -0.2) is 18.6 Å². The number of aryl methyl sites for hydroxylation is 1. The second-order valence-corrected chi connectivity index (χ2v) is 6.67. The smallest absolute Gasteiger partial charge is 0.0898 e. The van der Waals surface area contributed by atoms with Gasteiger partial charge in [-0.05, 0) is 38.1 Å². The predicted octanol–water partition coefficient (Wildman–Crippen LogP) is 4.41. The number of anilines is 1. The summed E-state index contributed by atoms with van der Waals surface area (Å²) < 4.78 is 0. The minimum absolute atomic E-state index is 0.267. The standard InChI is InChI=1S/C16H22ClN3S/c1-5-18-11(2)15-7-6-14(8-16(15)17)20(4)9-13-10-21-12(3)19-13/h6-8,10-11,18H,5,9H2,1-4H3. The van der Waals surface area contributed by atoms with E-state index in [0.29, 0.717) is 0 Å². The van der Waals surface area contributed by atoms with Crippen LogP contribution >= 0.6 is 22.9 Å². The topological polar surface area (TPSA) is 28.2 Å². The Morgan fingerprint density at radius 2 is 2.19 bits per heavy atom. The molecule has 0 aliphatic heterocycles. The van der Waals surface area contributed by atoms with Crippen molar-refractivity contribution in [2.75, 3.05) is 18.5 Å². The molecule has 0 amide bonds. The van der Waals surface area contributed by atoms with Gasteiger partial charge < -0.3 is 10.2 Å². The molecule has 1 heterocycles. The van der Waals surface area contributed by atoms with E-state index in [1.54, 1.807) is 11.3 Å². The minimum Gasteiger partial charge on any atom is -0.369 e. The molecule has 1 N–H and O–H groups in total. The number of hydrogen-bond acceptors (Lipinski definition) is 4. The van der Waals surface area contributed by atoms with Gasteiger partial charge >= 0.3 is 0 Å². The molecular weight excluding hydrogens is 302 g/mol. The van der Waals surface area contributed by atoms with Crippen molar-refractivity contribution in [2.45, 2.75) is 33.4 Å². The van der Waals surface area contributed by atoms with Gasteiger partial charge in [0, 0.05) is 29.2 Å². The minimum atomic E-state index is 0.267. The summed E-state index contributed by atoms with van der Waals surface area (Å²) in [5.74, 6) is 0. The van der Waals surface area contributed by atoms with Crippen molar-refractivity contribution >= 4 is 28.6 Å². The highest BCUT2D eigenvalue weighted by molar-refractivity contribution is 7.09. The number of thiazole rings is 1. The zero-order valence-corrected chi connectivity index (χ0v) is 14.6. The Balaban J connectivity index is 2.11. The Morgan fingerprint density at radius 3 is 2.76 bits per heavy atom. The molecule has 0 saturated heterocycles. The van der Waals surface area contributed by atoms with Gasteiger partial charge in [0.1, 0.15) is 0 Å². The van der Waals surface area contributed by atoms with Crippen molar-refractivity contribution in [3.8, 4) is 0 Å². The first-order valence-corrected chi connectivity index (χ1v) is 8.42. The first-order chi connectivity index (χ1) is 10.0. The summed E-state index contributed by atoms with van der Waals surface area (Å²) in [6.07, 6.45) is 0. The highest BCUT2D eigenvalue weighted by Crippen LogP contribution is 2.28. The Labute approximate surface area is 136 Å². The first-order valence-electron chi connectivity index (χ1n) is 7.16. The van der Waals surface area contributed by atoms with Crippen molar-refractivity contribution < 1.29 is 0 Å². The maximum Gasteiger partial charge on any atom is 0.0898 e. The fourth-order valence-corrected chi connectivity index (χ4v) is 3.28. The molecule has 0 radical (unpaired) electrons. The molecule has 1 atom stereocenters. The van der Waals surface area contributed by atoms with Gasteiger partial charge in [-0.15, -0.1) is 11.3 Å². The van der Waals surface area contributed by atoms with E-state index in [1.807, 2.05) is 13.0 Å². The largest absolute Gasteiger partial charge is 0.369 e. The molecule has 0 aliphatic carbocycles. The molecule has 1 unspecified atom stereocenters. The predicted molar refractivity (Wildman–Crippen MR) is 92.5 cm³/mol. The highest BCUT2D eigenvalue weighted by Gasteiger charge is 2.11. The highest BCUT2D eigenvalue weighted by atomic mass is 35.5. The fraction of sp³-hybridized carbons (Fsp3) is 0.438. The van der Waals surface area contributed by atoms with Crippen LogP contribution in [0.1, 0.15) is 36.2 Å². The lowest BCUT2D eigenvalue weighted by atomic mass is 10.1. The molecule has 114 valence electrons. The van der Waals surface area contributed by atoms with Crippen LogP contribution in [0.15, 0.2) is 23.6 Å². The van der Waals surface area contributed by atoms with Crippen LogP contribution in [0.2, 0.25) is 5.02 Å². The Morgan fingerprint density at radius 1 is 1.43 bits per heavy atom. The lowest BCUT2D eigenvalue weighted by Gasteiger charge is -2.21. The van der Waals surface area contributed by atoms with Gasteiger partial charge in [-0.3, -0.25) is 0 Å². The molecule has 0 bridgehead atoms. The molecule has 2 aromatic rings. The van der Waals surface area contributed by atoms with E-state index in [0.717, 1.165) is 40.1 Å². The Kier molecular flexibility index (Phi) is 5.62. The molecular formula is C16H22ClN3S. The number of rotatable bonds is 6. The molecule has 2 rings (SSSR count). The van der Waals surface area contributed by atoms with Crippen molar-refractivity contribution in [1.82, 2.24) is 10.3 Å². The zero-order valence-electron chi connectivity index (χ0n) is 13.0. The van der Waals surface area contributed by atoms with Crippen LogP contribution in [0.4, 0.5) is 5.69 Å². The summed E-state index contributed by atoms with van der Waals surface area (Å²) >= 11 is 8.12. The summed E-state index contributed by atoms with van der Waals surface area (Å²) in [5.41, 5.74) is 3.35. The molecule has 0 spiro atoms. The number of nitrogens with one attached hydrogen (secondary N) is 1. The lowest BCUT2D eigenvalue weighted by molar-refractivity contribution is 0.598. The van der Waals surface area contributed by atoms with Crippen molar-refractivity contribution in [1.29, 1.82) is 0 Å². The van der Waals surface area contributed by atoms with Crippen LogP contribution in [0, 0.1) is 6.92 Å². The average molecular weight is 324 g/mol. The molecule has 1 aromatic carbocycles. The molecule has 0 saturated carbocycles. The maximum absolute atomic E-state index is 6.43. The van der Waals surface area contributed by atoms with E-state index in [4.69, 9.17) is 11.6 Å². The number of benzene rings is 1. The first kappa shape index (κ1) is 16.3. The Hall–Kier alpha value is -1.10. The second kappa shape index (κ2) is 7.25. The van der Waals surface area contributed by atoms with E-state index < -0.39 is 0 Å². The third kappa shape index (κ3) is 4.19. The van der Waals surface area contributed by atoms with Crippen LogP contribution in [-0.2, 0) is 6.54 Å². The van der Waals surface area contributed by atoms with Gasteiger partial charge in [-0.1, -0.05) is 24.6 Å². The fourth-order valence-electron chi connectivity index (χ4n) is 2.34. The summed E-state index contributed by atoms with van der Waals surface area (Å²) in [5, 5.41) is 7.40. The molecule has 0 aliphatic rings. The normalized spacial score (nSPS) is 12.4. The second-order valence-electron chi connectivity index (χ2n) is 5.20. The van der Waals surface area contributed by atoms with Gasteiger partial charge in [-0.25, -0.2) is 4.98 Å². The van der Waals surface area contributed by atoms with Crippen molar-refractivity contribution in [3.05, 3.63) is 44.9 Å². The molecule has 1 aromatic heterocycles. The van der Waals surface area contributed by atoms with E-state index in [1.165, 1.54) is 0 Å². The van der Waals surface area contributed by atoms with Crippen LogP contribution in [0.3, 0.4) is 0 Å². The lowest BCUT2D eigenvalue weighted by Crippen LogP contribution is -2.19.